The maximum atomic E-state index is 11.4. The zero-order chi connectivity index (χ0) is 6.91. The van der Waals surface area contributed by atoms with Crippen molar-refractivity contribution in [1.82, 2.24) is 5.32 Å². The summed E-state index contributed by atoms with van der Waals surface area (Å²) in [5.41, 5.74) is 0. The van der Waals surface area contributed by atoms with E-state index in [1.165, 1.54) is 0 Å². The van der Waals surface area contributed by atoms with Crippen LogP contribution in [-0.2, 0) is 0 Å². The molecule has 0 unspecified atom stereocenters. The molecule has 0 aliphatic heterocycles. The van der Waals surface area contributed by atoms with Gasteiger partial charge in [0.15, 0.2) is 0 Å². The highest BCUT2D eigenvalue weighted by Gasteiger charge is 2.33. The number of nitrogens with one attached hydrogen (secondary N) is 1. The van der Waals surface area contributed by atoms with E-state index >= 15 is 0 Å². The first-order chi connectivity index (χ1) is 4.08. The highest BCUT2D eigenvalue weighted by Crippen LogP contribution is 2.22. The van der Waals surface area contributed by atoms with Crippen molar-refractivity contribution in [2.75, 3.05) is 0 Å². The highest BCUT2D eigenvalue weighted by atomic mass is 19.4. The third-order valence-electron chi connectivity index (χ3n) is 1.47. The van der Waals surface area contributed by atoms with Gasteiger partial charge in [-0.15, -0.1) is 0 Å². The Morgan fingerprint density at radius 2 is 1.78 bits per heavy atom. The molecule has 54 valence electrons. The van der Waals surface area contributed by atoms with Crippen molar-refractivity contribution in [2.24, 2.45) is 0 Å². The van der Waals surface area contributed by atoms with Crippen LogP contribution in [0.3, 0.4) is 0 Å². The molecule has 0 amide bonds. The minimum Gasteiger partial charge on any atom is -0.225 e. The van der Waals surface area contributed by atoms with E-state index in [2.05, 4.69) is 0 Å². The van der Waals surface area contributed by atoms with Crippen LogP contribution in [0.1, 0.15) is 19.3 Å². The van der Waals surface area contributed by atoms with Crippen LogP contribution >= 0.6 is 0 Å². The van der Waals surface area contributed by atoms with E-state index in [0.717, 1.165) is 6.42 Å². The molecule has 0 saturated heterocycles. The van der Waals surface area contributed by atoms with Gasteiger partial charge in [-0.05, 0) is 12.8 Å². The van der Waals surface area contributed by atoms with Gasteiger partial charge in [0, 0.05) is 6.04 Å². The third-order valence-corrected chi connectivity index (χ3v) is 1.47. The van der Waals surface area contributed by atoms with Crippen LogP contribution in [0.15, 0.2) is 0 Å². The van der Waals surface area contributed by atoms with E-state index < -0.39 is 6.30 Å². The predicted molar refractivity (Wildman–Crippen MR) is 26.8 cm³/mol. The van der Waals surface area contributed by atoms with Gasteiger partial charge in [0.25, 0.3) is 0 Å². The van der Waals surface area contributed by atoms with Crippen LogP contribution in [-0.4, -0.2) is 12.3 Å². The maximum Gasteiger partial charge on any atom is 0.457 e. The second kappa shape index (κ2) is 2.17. The van der Waals surface area contributed by atoms with Crippen molar-refractivity contribution in [1.29, 1.82) is 0 Å². The standard InChI is InChI=1S/C5H8F3N/c6-5(7,8)9-4-2-1-3-4/h4,9H,1-3H2. The summed E-state index contributed by atoms with van der Waals surface area (Å²) in [6.07, 6.45) is -1.92. The van der Waals surface area contributed by atoms with Crippen LogP contribution in [0.25, 0.3) is 0 Å². The van der Waals surface area contributed by atoms with Crippen LogP contribution in [0.2, 0.25) is 0 Å². The van der Waals surface area contributed by atoms with Gasteiger partial charge in [0.2, 0.25) is 0 Å². The molecule has 1 N–H and O–H groups in total. The largest absolute Gasteiger partial charge is 0.457 e. The Balaban J connectivity index is 2.16. The van der Waals surface area contributed by atoms with Crippen molar-refractivity contribution in [3.63, 3.8) is 0 Å². The third kappa shape index (κ3) is 2.22. The van der Waals surface area contributed by atoms with Crippen LogP contribution in [0.4, 0.5) is 13.2 Å². The Labute approximate surface area is 51.2 Å². The second-order valence-electron chi connectivity index (χ2n) is 2.27. The summed E-state index contributed by atoms with van der Waals surface area (Å²) in [4.78, 5) is 0. The first-order valence-electron chi connectivity index (χ1n) is 2.92. The highest BCUT2D eigenvalue weighted by molar-refractivity contribution is 4.76. The van der Waals surface area contributed by atoms with Gasteiger partial charge in [-0.3, -0.25) is 0 Å². The zero-order valence-corrected chi connectivity index (χ0v) is 4.83. The number of hydrogen-bond acceptors (Lipinski definition) is 1. The monoisotopic (exact) mass is 139 g/mol. The smallest absolute Gasteiger partial charge is 0.225 e. The van der Waals surface area contributed by atoms with Crippen LogP contribution in [0, 0.1) is 0 Å². The lowest BCUT2D eigenvalue weighted by atomic mass is 9.93. The number of halogens is 3. The van der Waals surface area contributed by atoms with E-state index in [-0.39, 0.29) is 6.04 Å². The van der Waals surface area contributed by atoms with Gasteiger partial charge in [0.1, 0.15) is 0 Å². The molecule has 0 aromatic heterocycles. The van der Waals surface area contributed by atoms with Crippen molar-refractivity contribution in [3.05, 3.63) is 0 Å². The molecule has 0 bridgehead atoms. The molecule has 0 aromatic carbocycles. The SMILES string of the molecule is FC(F)(F)NC1CCC1. The molecule has 0 spiro atoms. The molecule has 9 heavy (non-hydrogen) atoms. The summed E-state index contributed by atoms with van der Waals surface area (Å²) in [6, 6.07) is -0.301. The average Bonchev–Trinajstić information content (AvgIpc) is 1.53. The molecule has 1 aliphatic carbocycles. The van der Waals surface area contributed by atoms with Gasteiger partial charge in [0.05, 0.1) is 0 Å². The Kier molecular flexibility index (Phi) is 1.66. The number of hydrogen-bond donors (Lipinski definition) is 1. The molecule has 4 heteroatoms. The van der Waals surface area contributed by atoms with Crippen LogP contribution in [0.5, 0.6) is 0 Å². The summed E-state index contributed by atoms with van der Waals surface area (Å²) in [5.74, 6) is 0. The van der Waals surface area contributed by atoms with Gasteiger partial charge in [-0.2, -0.15) is 13.2 Å². The molecule has 0 radical (unpaired) electrons. The number of alkyl halides is 3. The average molecular weight is 139 g/mol. The van der Waals surface area contributed by atoms with Crippen molar-refractivity contribution in [3.8, 4) is 0 Å². The summed E-state index contributed by atoms with van der Waals surface area (Å²) in [5, 5.41) is 1.56. The molecular formula is C5H8F3N. The van der Waals surface area contributed by atoms with Crippen molar-refractivity contribution < 1.29 is 13.2 Å². The first kappa shape index (κ1) is 6.86. The minimum atomic E-state index is -4.18. The van der Waals surface area contributed by atoms with Gasteiger partial charge in [-0.25, -0.2) is 5.32 Å². The molecule has 1 rings (SSSR count). The quantitative estimate of drug-likeness (QED) is 0.544. The van der Waals surface area contributed by atoms with Crippen LogP contribution < -0.4 is 5.32 Å². The van der Waals surface area contributed by atoms with E-state index in [4.69, 9.17) is 0 Å². The van der Waals surface area contributed by atoms with Crippen molar-refractivity contribution >= 4 is 0 Å². The summed E-state index contributed by atoms with van der Waals surface area (Å²) in [7, 11) is 0. The molecule has 1 aliphatic rings. The second-order valence-corrected chi connectivity index (χ2v) is 2.27. The fraction of sp³-hybridized carbons (Fsp3) is 1.00. The minimum absolute atomic E-state index is 0.301. The summed E-state index contributed by atoms with van der Waals surface area (Å²) < 4.78 is 34.2. The van der Waals surface area contributed by atoms with Gasteiger partial charge in [-0.1, -0.05) is 6.42 Å². The summed E-state index contributed by atoms with van der Waals surface area (Å²) in [6.45, 7) is 0. The fourth-order valence-corrected chi connectivity index (χ4v) is 0.784. The van der Waals surface area contributed by atoms with E-state index in [9.17, 15) is 13.2 Å². The van der Waals surface area contributed by atoms with Gasteiger partial charge >= 0.3 is 6.30 Å². The molecule has 0 heterocycles. The van der Waals surface area contributed by atoms with Crippen molar-refractivity contribution in [2.45, 2.75) is 31.6 Å². The van der Waals surface area contributed by atoms with Gasteiger partial charge < -0.3 is 0 Å². The topological polar surface area (TPSA) is 12.0 Å². The Bertz CT molecular complexity index is 94.9. The number of rotatable bonds is 1. The predicted octanol–water partition coefficient (Wildman–Crippen LogP) is 1.65. The lowest BCUT2D eigenvalue weighted by Crippen LogP contribution is -2.44. The van der Waals surface area contributed by atoms with E-state index in [0.29, 0.717) is 12.8 Å². The lowest BCUT2D eigenvalue weighted by molar-refractivity contribution is -0.168. The fourth-order valence-electron chi connectivity index (χ4n) is 0.784. The Morgan fingerprint density at radius 3 is 1.89 bits per heavy atom. The molecule has 1 nitrogen and oxygen atoms in total. The maximum absolute atomic E-state index is 11.4. The molecule has 1 fully saturated rings. The van der Waals surface area contributed by atoms with E-state index in [1.807, 2.05) is 0 Å². The lowest BCUT2D eigenvalue weighted by Gasteiger charge is -2.27. The van der Waals surface area contributed by atoms with E-state index in [1.54, 1.807) is 5.32 Å². The zero-order valence-electron chi connectivity index (χ0n) is 4.83. The summed E-state index contributed by atoms with van der Waals surface area (Å²) >= 11 is 0. The normalized spacial score (nSPS) is 21.7. The molecular weight excluding hydrogens is 131 g/mol. The molecule has 0 aromatic rings. The molecule has 1 saturated carbocycles. The molecule has 0 atom stereocenters. The Hall–Kier alpha value is -0.250. The Morgan fingerprint density at radius 1 is 1.22 bits per heavy atom. The first-order valence-corrected chi connectivity index (χ1v) is 2.92.